The molecule has 0 aromatic rings. The number of carbonyl (C=O) groups excluding carboxylic acids is 1. The Morgan fingerprint density at radius 3 is 0.822 bits per heavy atom. The molecule has 0 radical (unpaired) electrons. The van der Waals surface area contributed by atoms with E-state index in [1.54, 1.807) is 6.42 Å². The molecule has 0 aromatic heterocycles. The predicted molar refractivity (Wildman–Crippen MR) is 437 cm³/mol. The quantitative estimate of drug-likeness (QED) is 0.0156. The summed E-state index contributed by atoms with van der Waals surface area (Å²) >= 11 is 0. The second kappa shape index (κ2) is 65.3. The van der Waals surface area contributed by atoms with Crippen LogP contribution in [0, 0.1) is 29.6 Å². The molecule has 4 fully saturated rings. The van der Waals surface area contributed by atoms with Crippen LogP contribution in [-0.2, 0) is 32.8 Å². The van der Waals surface area contributed by atoms with E-state index in [0.717, 1.165) is 75.0 Å². The lowest BCUT2D eigenvalue weighted by Gasteiger charge is -2.44. The van der Waals surface area contributed by atoms with E-state index in [-0.39, 0.29) is 0 Å². The Labute approximate surface area is 656 Å². The number of aliphatic hydroxyl groups excluding tert-OH is 7. The molecule has 16 atom stereocenters. The fourth-order valence-corrected chi connectivity index (χ4v) is 17.8. The van der Waals surface area contributed by atoms with Gasteiger partial charge in [-0.15, -0.1) is 0 Å². The summed E-state index contributed by atoms with van der Waals surface area (Å²) in [5, 5.41) is 75.7. The highest BCUT2D eigenvalue weighted by atomic mass is 31.2. The van der Waals surface area contributed by atoms with Gasteiger partial charge in [0.15, 0.2) is 12.6 Å². The Morgan fingerprint density at radius 2 is 0.561 bits per heavy atom. The highest BCUT2D eigenvalue weighted by Crippen LogP contribution is 2.47. The highest BCUT2D eigenvalue weighted by Gasteiger charge is 2.51. The van der Waals surface area contributed by atoms with Crippen molar-refractivity contribution in [3.8, 4) is 0 Å². The summed E-state index contributed by atoms with van der Waals surface area (Å²) in [6.45, 7) is 3.10. The molecule has 17 heteroatoms. The summed E-state index contributed by atoms with van der Waals surface area (Å²) in [6, 6.07) is 0. The monoisotopic (exact) mass is 1540 g/mol. The van der Waals surface area contributed by atoms with E-state index in [1.165, 1.54) is 372 Å². The molecule has 0 bridgehead atoms. The molecule has 4 rings (SSSR count). The van der Waals surface area contributed by atoms with Crippen molar-refractivity contribution in [1.82, 2.24) is 0 Å². The Balaban J connectivity index is 0.978. The molecular formula is C90H173O16P. The van der Waals surface area contributed by atoms with Crippen LogP contribution in [0.4, 0.5) is 0 Å². The molecular weight excluding hydrogens is 1370 g/mol. The SMILES string of the molecule is CCCCCCCCCCCCCCCCCCCCCCCCCCC(C(=O)OCC1OC(OC2OC(COP(=O)(O)O)C(O)C(O)C2O)C(O)C(O)C1O)C(O)CCCCCCCCCCCCCCCC1CC1CCCCCCCCCCC1CC1CCCCCCCCCCCCCCCCCC. The lowest BCUT2D eigenvalue weighted by atomic mass is 9.91. The first-order valence-corrected chi connectivity index (χ1v) is 48.3. The average Bonchev–Trinajstić information content (AvgIpc) is 1.64. The molecule has 107 heavy (non-hydrogen) atoms. The van der Waals surface area contributed by atoms with Gasteiger partial charge in [-0.3, -0.25) is 9.32 Å². The molecule has 0 spiro atoms. The maximum absolute atomic E-state index is 13.9. The summed E-state index contributed by atoms with van der Waals surface area (Å²) in [6.07, 6.45) is 72.8. The predicted octanol–water partition coefficient (Wildman–Crippen LogP) is 22.7. The number of aliphatic hydroxyl groups is 7. The number of carbonyl (C=O) groups is 1. The van der Waals surface area contributed by atoms with Crippen LogP contribution in [0.15, 0.2) is 0 Å². The molecule has 16 nitrogen and oxygen atoms in total. The van der Waals surface area contributed by atoms with Crippen LogP contribution >= 0.6 is 7.82 Å². The molecule has 2 aliphatic carbocycles. The first kappa shape index (κ1) is 98.5. The largest absolute Gasteiger partial charge is 0.469 e. The fraction of sp³-hybridized carbons (Fsp3) is 0.989. The molecule has 2 aliphatic heterocycles. The minimum absolute atomic E-state index is 0.416. The van der Waals surface area contributed by atoms with Crippen molar-refractivity contribution in [2.24, 2.45) is 29.6 Å². The Hall–Kier alpha value is -0.820. The van der Waals surface area contributed by atoms with Gasteiger partial charge in [0.2, 0.25) is 0 Å². The Kier molecular flexibility index (Phi) is 60.2. The Morgan fingerprint density at radius 1 is 0.327 bits per heavy atom. The molecule has 2 heterocycles. The normalized spacial score (nSPS) is 25.0. The van der Waals surface area contributed by atoms with E-state index in [9.17, 15) is 45.1 Å². The minimum Gasteiger partial charge on any atom is -0.463 e. The van der Waals surface area contributed by atoms with Crippen molar-refractivity contribution in [3.05, 3.63) is 0 Å². The fourth-order valence-electron chi connectivity index (χ4n) is 17.5. The van der Waals surface area contributed by atoms with Crippen LogP contribution in [0.3, 0.4) is 0 Å². The van der Waals surface area contributed by atoms with Crippen molar-refractivity contribution in [1.29, 1.82) is 0 Å². The van der Waals surface area contributed by atoms with Crippen LogP contribution in [0.25, 0.3) is 0 Å². The molecule has 2 saturated carbocycles. The number of ether oxygens (including phenoxy) is 4. The summed E-state index contributed by atoms with van der Waals surface area (Å²) in [5.41, 5.74) is 0. The van der Waals surface area contributed by atoms with Gasteiger partial charge in [0.05, 0.1) is 18.6 Å². The summed E-state index contributed by atoms with van der Waals surface area (Å²) in [4.78, 5) is 32.2. The maximum atomic E-state index is 13.9. The zero-order valence-electron chi connectivity index (χ0n) is 69.3. The number of phosphoric ester groups is 1. The van der Waals surface area contributed by atoms with Crippen LogP contribution in [0.5, 0.6) is 0 Å². The molecule has 4 aliphatic rings. The summed E-state index contributed by atoms with van der Waals surface area (Å²) in [5.74, 6) is 2.73. The topological polar surface area (TPSA) is 262 Å². The lowest BCUT2D eigenvalue weighted by molar-refractivity contribution is -0.376. The number of unbranched alkanes of at least 4 members (excludes halogenated alkanes) is 57. The first-order valence-electron chi connectivity index (χ1n) is 46.7. The van der Waals surface area contributed by atoms with Gasteiger partial charge in [0.25, 0.3) is 0 Å². The third kappa shape index (κ3) is 50.3. The van der Waals surface area contributed by atoms with Crippen molar-refractivity contribution < 1.29 is 78.4 Å². The van der Waals surface area contributed by atoms with Gasteiger partial charge in [0.1, 0.15) is 55.4 Å². The molecule has 634 valence electrons. The van der Waals surface area contributed by atoms with Gasteiger partial charge in [-0.25, -0.2) is 4.57 Å². The second-order valence-electron chi connectivity index (χ2n) is 34.9. The van der Waals surface area contributed by atoms with Crippen molar-refractivity contribution in [2.45, 2.75) is 524 Å². The summed E-state index contributed by atoms with van der Waals surface area (Å²) < 4.78 is 38.2. The van der Waals surface area contributed by atoms with Gasteiger partial charge >= 0.3 is 13.8 Å². The molecule has 2 saturated heterocycles. The van der Waals surface area contributed by atoms with Gasteiger partial charge in [-0.2, -0.15) is 0 Å². The number of rotatable bonds is 78. The standard InChI is InChI=1S/C90H173O16P/c1-3-5-7-9-11-13-15-17-19-21-22-23-24-25-26-27-28-30-34-38-42-50-56-62-68-78(88(98)102-72-80-82(92)84(94)86(96)89(104-80)106-90-87(97)85(95)83(93)81(105-90)73-103-107(99,100)101)79(91)69-63-57-51-43-39-35-31-33-37-41-47-53-59-65-75-71-77(75)67-61-55-49-45-44-48-54-60-66-76-70-74(76)64-58-52-46-40-36-32-29-20-18-16-14-12-10-8-6-4-2/h74-87,89-97H,3-73H2,1-2H3,(H2,99,100,101). The number of phosphoric acid groups is 1. The zero-order valence-corrected chi connectivity index (χ0v) is 70.2. The van der Waals surface area contributed by atoms with Gasteiger partial charge in [-0.1, -0.05) is 431 Å². The molecule has 16 unspecified atom stereocenters. The van der Waals surface area contributed by atoms with Gasteiger partial charge < -0.3 is 64.5 Å². The van der Waals surface area contributed by atoms with Crippen LogP contribution < -0.4 is 0 Å². The molecule has 0 amide bonds. The van der Waals surface area contributed by atoms with Crippen LogP contribution in [-0.4, -0.2) is 132 Å². The lowest BCUT2D eigenvalue weighted by Crippen LogP contribution is -2.64. The maximum Gasteiger partial charge on any atom is 0.469 e. The number of hydrogen-bond donors (Lipinski definition) is 9. The Bertz CT molecular complexity index is 2050. The highest BCUT2D eigenvalue weighted by molar-refractivity contribution is 7.46. The van der Waals surface area contributed by atoms with Crippen molar-refractivity contribution in [2.75, 3.05) is 13.2 Å². The zero-order chi connectivity index (χ0) is 77.1. The minimum atomic E-state index is -5.03. The third-order valence-electron chi connectivity index (χ3n) is 25.1. The van der Waals surface area contributed by atoms with E-state index in [2.05, 4.69) is 18.4 Å². The molecule has 0 aromatic carbocycles. The van der Waals surface area contributed by atoms with Crippen molar-refractivity contribution in [3.63, 3.8) is 0 Å². The van der Waals surface area contributed by atoms with E-state index in [0.29, 0.717) is 12.8 Å². The third-order valence-corrected chi connectivity index (χ3v) is 25.6. The van der Waals surface area contributed by atoms with E-state index in [1.807, 2.05) is 0 Å². The van der Waals surface area contributed by atoms with E-state index < -0.39 is 100 Å². The first-order chi connectivity index (χ1) is 52.1. The second-order valence-corrected chi connectivity index (χ2v) is 36.1. The number of hydrogen-bond acceptors (Lipinski definition) is 14. The van der Waals surface area contributed by atoms with Crippen molar-refractivity contribution >= 4 is 13.8 Å². The number of esters is 1. The van der Waals surface area contributed by atoms with E-state index >= 15 is 0 Å². The summed E-state index contributed by atoms with van der Waals surface area (Å²) in [7, 11) is -5.03. The average molecular weight is 1540 g/mol. The smallest absolute Gasteiger partial charge is 0.463 e. The van der Waals surface area contributed by atoms with Gasteiger partial charge in [0, 0.05) is 0 Å². The molecule has 9 N–H and O–H groups in total. The van der Waals surface area contributed by atoms with Gasteiger partial charge in [-0.05, 0) is 49.4 Å². The van der Waals surface area contributed by atoms with Crippen LogP contribution in [0.2, 0.25) is 0 Å². The van der Waals surface area contributed by atoms with E-state index in [4.69, 9.17) is 28.7 Å². The van der Waals surface area contributed by atoms with Crippen LogP contribution in [0.1, 0.15) is 457 Å².